The van der Waals surface area contributed by atoms with Crippen LogP contribution in [0.1, 0.15) is 40.9 Å². The Balaban J connectivity index is 2.19. The van der Waals surface area contributed by atoms with Crippen LogP contribution in [0.5, 0.6) is 0 Å². The average molecular weight is 248 g/mol. The van der Waals surface area contributed by atoms with Crippen LogP contribution in [0.3, 0.4) is 0 Å². The lowest BCUT2D eigenvalue weighted by Crippen LogP contribution is -2.39. The van der Waals surface area contributed by atoms with Crippen LogP contribution in [0, 0.1) is 18.3 Å². The van der Waals surface area contributed by atoms with Gasteiger partial charge in [0.25, 0.3) is 5.91 Å². The largest absolute Gasteiger partial charge is 0.322 e. The van der Waals surface area contributed by atoms with Crippen molar-refractivity contribution in [3.63, 3.8) is 0 Å². The van der Waals surface area contributed by atoms with Gasteiger partial charge in [-0.3, -0.25) is 4.79 Å². The highest BCUT2D eigenvalue weighted by atomic mass is 32.1. The average Bonchev–Trinajstić information content (AvgIpc) is 2.95. The van der Waals surface area contributed by atoms with E-state index < -0.39 is 0 Å². The van der Waals surface area contributed by atoms with Crippen LogP contribution in [0.2, 0.25) is 0 Å². The summed E-state index contributed by atoms with van der Waals surface area (Å²) < 4.78 is 0. The zero-order valence-corrected chi connectivity index (χ0v) is 10.8. The zero-order valence-electron chi connectivity index (χ0n) is 9.98. The van der Waals surface area contributed by atoms with Crippen molar-refractivity contribution in [1.82, 2.24) is 4.90 Å². The van der Waals surface area contributed by atoms with E-state index in [9.17, 15) is 4.79 Å². The summed E-state index contributed by atoms with van der Waals surface area (Å²) in [7, 11) is 0. The van der Waals surface area contributed by atoms with Gasteiger partial charge in [-0.25, -0.2) is 0 Å². The third kappa shape index (κ3) is 2.50. The Kier molecular flexibility index (Phi) is 3.80. The van der Waals surface area contributed by atoms with Gasteiger partial charge in [-0.1, -0.05) is 12.8 Å². The normalized spacial score (nSPS) is 15.8. The van der Waals surface area contributed by atoms with Crippen molar-refractivity contribution in [2.45, 2.75) is 38.6 Å². The van der Waals surface area contributed by atoms with E-state index in [2.05, 4.69) is 6.07 Å². The summed E-state index contributed by atoms with van der Waals surface area (Å²) in [6.07, 6.45) is 4.42. The Labute approximate surface area is 106 Å². The number of hydrogen-bond donors (Lipinski definition) is 0. The first-order valence-corrected chi connectivity index (χ1v) is 6.84. The SMILES string of the molecule is Cc1ccsc1C(=O)N(CC#N)C1CCCC1. The minimum Gasteiger partial charge on any atom is -0.322 e. The molecule has 0 aromatic carbocycles. The summed E-state index contributed by atoms with van der Waals surface area (Å²) >= 11 is 1.47. The Morgan fingerprint density at radius 2 is 2.29 bits per heavy atom. The second-order valence-corrected chi connectivity index (χ2v) is 5.38. The Hall–Kier alpha value is -1.34. The van der Waals surface area contributed by atoms with Crippen molar-refractivity contribution in [3.05, 3.63) is 21.9 Å². The summed E-state index contributed by atoms with van der Waals surface area (Å²) in [5.41, 5.74) is 1.01. The molecule has 3 nitrogen and oxygen atoms in total. The van der Waals surface area contributed by atoms with Crippen molar-refractivity contribution in [2.24, 2.45) is 0 Å². The molecule has 0 spiro atoms. The lowest BCUT2D eigenvalue weighted by molar-refractivity contribution is 0.0714. The van der Waals surface area contributed by atoms with Gasteiger partial charge in [-0.15, -0.1) is 11.3 Å². The lowest BCUT2D eigenvalue weighted by atomic mass is 10.2. The highest BCUT2D eigenvalue weighted by Crippen LogP contribution is 2.26. The first-order chi connectivity index (χ1) is 8.24. The minimum atomic E-state index is 0.0333. The predicted octanol–water partition coefficient (Wildman–Crippen LogP) is 2.96. The number of hydrogen-bond acceptors (Lipinski definition) is 3. The summed E-state index contributed by atoms with van der Waals surface area (Å²) in [5, 5.41) is 10.8. The molecule has 1 aromatic heterocycles. The minimum absolute atomic E-state index is 0.0333. The zero-order chi connectivity index (χ0) is 12.3. The highest BCUT2D eigenvalue weighted by Gasteiger charge is 2.28. The molecule has 0 unspecified atom stereocenters. The van der Waals surface area contributed by atoms with Crippen molar-refractivity contribution in [1.29, 1.82) is 5.26 Å². The molecular formula is C13H16N2OS. The van der Waals surface area contributed by atoms with E-state index >= 15 is 0 Å². The molecule has 1 aliphatic carbocycles. The smallest absolute Gasteiger partial charge is 0.265 e. The third-order valence-corrected chi connectivity index (χ3v) is 4.33. The van der Waals surface area contributed by atoms with Gasteiger partial charge in [0.15, 0.2) is 0 Å². The van der Waals surface area contributed by atoms with Crippen LogP contribution in [0.15, 0.2) is 11.4 Å². The molecular weight excluding hydrogens is 232 g/mol. The van der Waals surface area contributed by atoms with E-state index in [1.165, 1.54) is 24.2 Å². The van der Waals surface area contributed by atoms with Crippen molar-refractivity contribution < 1.29 is 4.79 Å². The summed E-state index contributed by atoms with van der Waals surface area (Å²) in [6.45, 7) is 2.16. The van der Waals surface area contributed by atoms with Gasteiger partial charge < -0.3 is 4.90 Å². The highest BCUT2D eigenvalue weighted by molar-refractivity contribution is 7.12. The standard InChI is InChI=1S/C13H16N2OS/c1-10-6-9-17-12(10)13(16)15(8-7-14)11-4-2-3-5-11/h6,9,11H,2-5,8H2,1H3. The molecule has 0 radical (unpaired) electrons. The quantitative estimate of drug-likeness (QED) is 0.772. The van der Waals surface area contributed by atoms with Gasteiger partial charge in [0, 0.05) is 6.04 Å². The van der Waals surface area contributed by atoms with Gasteiger partial charge in [0.1, 0.15) is 6.54 Å². The number of carbonyl (C=O) groups excluding carboxylic acids is 1. The van der Waals surface area contributed by atoms with Gasteiger partial charge in [-0.2, -0.15) is 5.26 Å². The van der Waals surface area contributed by atoms with Gasteiger partial charge in [-0.05, 0) is 36.8 Å². The molecule has 1 fully saturated rings. The maximum absolute atomic E-state index is 12.4. The molecule has 2 rings (SSSR count). The summed E-state index contributed by atoms with van der Waals surface area (Å²) in [5.74, 6) is 0.0333. The van der Waals surface area contributed by atoms with Crippen molar-refractivity contribution in [3.8, 4) is 6.07 Å². The van der Waals surface area contributed by atoms with E-state index in [0.717, 1.165) is 23.3 Å². The van der Waals surface area contributed by atoms with Gasteiger partial charge in [0.05, 0.1) is 10.9 Å². The molecule has 1 heterocycles. The molecule has 0 bridgehead atoms. The van der Waals surface area contributed by atoms with E-state index in [-0.39, 0.29) is 18.5 Å². The first-order valence-electron chi connectivity index (χ1n) is 5.96. The van der Waals surface area contributed by atoms with Crippen LogP contribution < -0.4 is 0 Å². The molecule has 0 atom stereocenters. The third-order valence-electron chi connectivity index (χ3n) is 3.32. The molecule has 17 heavy (non-hydrogen) atoms. The molecule has 4 heteroatoms. The summed E-state index contributed by atoms with van der Waals surface area (Å²) in [6, 6.07) is 4.34. The topological polar surface area (TPSA) is 44.1 Å². The molecule has 0 saturated heterocycles. The molecule has 0 aliphatic heterocycles. The second-order valence-electron chi connectivity index (χ2n) is 4.46. The summed E-state index contributed by atoms with van der Waals surface area (Å²) in [4.78, 5) is 14.9. The number of carbonyl (C=O) groups is 1. The number of nitrogens with zero attached hydrogens (tertiary/aromatic N) is 2. The fourth-order valence-electron chi connectivity index (χ4n) is 2.38. The van der Waals surface area contributed by atoms with E-state index in [1.807, 2.05) is 18.4 Å². The molecule has 90 valence electrons. The van der Waals surface area contributed by atoms with Crippen molar-refractivity contribution >= 4 is 17.2 Å². The lowest BCUT2D eigenvalue weighted by Gasteiger charge is -2.26. The van der Waals surface area contributed by atoms with Gasteiger partial charge >= 0.3 is 0 Å². The monoisotopic (exact) mass is 248 g/mol. The maximum atomic E-state index is 12.4. The fourth-order valence-corrected chi connectivity index (χ4v) is 3.26. The Morgan fingerprint density at radius 1 is 1.59 bits per heavy atom. The number of nitriles is 1. The molecule has 1 saturated carbocycles. The molecule has 0 N–H and O–H groups in total. The molecule has 1 amide bonds. The van der Waals surface area contributed by atoms with Crippen LogP contribution in [0.25, 0.3) is 0 Å². The van der Waals surface area contributed by atoms with E-state index in [1.54, 1.807) is 4.90 Å². The number of amides is 1. The first kappa shape index (κ1) is 12.1. The van der Waals surface area contributed by atoms with Crippen LogP contribution >= 0.6 is 11.3 Å². The molecule has 1 aliphatic rings. The molecule has 1 aromatic rings. The van der Waals surface area contributed by atoms with Crippen LogP contribution in [-0.2, 0) is 0 Å². The number of thiophene rings is 1. The fraction of sp³-hybridized carbons (Fsp3) is 0.538. The predicted molar refractivity (Wildman–Crippen MR) is 68.0 cm³/mol. The van der Waals surface area contributed by atoms with Crippen molar-refractivity contribution in [2.75, 3.05) is 6.54 Å². The van der Waals surface area contributed by atoms with Crippen LogP contribution in [0.4, 0.5) is 0 Å². The number of aryl methyl sites for hydroxylation is 1. The van der Waals surface area contributed by atoms with Crippen LogP contribution in [-0.4, -0.2) is 23.4 Å². The van der Waals surface area contributed by atoms with E-state index in [0.29, 0.717) is 0 Å². The Bertz CT molecular complexity index is 441. The Morgan fingerprint density at radius 3 is 2.82 bits per heavy atom. The van der Waals surface area contributed by atoms with E-state index in [4.69, 9.17) is 5.26 Å². The number of rotatable bonds is 3. The second kappa shape index (κ2) is 5.33. The van der Waals surface area contributed by atoms with Gasteiger partial charge in [0.2, 0.25) is 0 Å². The maximum Gasteiger partial charge on any atom is 0.265 e.